The number of ether oxygens (including phenoxy) is 1. The van der Waals surface area contributed by atoms with E-state index in [2.05, 4.69) is 40.1 Å². The molecule has 0 aliphatic carbocycles. The van der Waals surface area contributed by atoms with Crippen molar-refractivity contribution in [1.82, 2.24) is 4.90 Å². The highest BCUT2D eigenvalue weighted by Gasteiger charge is 2.23. The topological polar surface area (TPSA) is 58.8 Å². The summed E-state index contributed by atoms with van der Waals surface area (Å²) >= 11 is 0. The number of rotatable bonds is 6. The van der Waals surface area contributed by atoms with Crippen LogP contribution in [0.25, 0.3) is 10.8 Å². The van der Waals surface area contributed by atoms with E-state index in [4.69, 9.17) is 10.5 Å². The summed E-state index contributed by atoms with van der Waals surface area (Å²) < 4.78 is 18.5. The van der Waals surface area contributed by atoms with Crippen molar-refractivity contribution in [3.8, 4) is 5.75 Å². The van der Waals surface area contributed by atoms with Gasteiger partial charge in [-0.3, -0.25) is 9.69 Å². The Balaban J connectivity index is 0.00000272. The molecule has 7 heteroatoms. The van der Waals surface area contributed by atoms with Crippen molar-refractivity contribution >= 4 is 34.7 Å². The highest BCUT2D eigenvalue weighted by molar-refractivity contribution is 6.00. The summed E-state index contributed by atoms with van der Waals surface area (Å²) in [4.78, 5) is 17.1. The third-order valence-electron chi connectivity index (χ3n) is 5.70. The Morgan fingerprint density at radius 1 is 1.06 bits per heavy atom. The molecule has 3 aromatic carbocycles. The molecule has 5 nitrogen and oxygen atoms in total. The maximum absolute atomic E-state index is 13.1. The highest BCUT2D eigenvalue weighted by Crippen LogP contribution is 2.30. The minimum atomic E-state index is -0.621. The molecule has 164 valence electrons. The van der Waals surface area contributed by atoms with Crippen LogP contribution in [0.1, 0.15) is 10.4 Å². The number of methoxy groups -OCH3 is 1. The van der Waals surface area contributed by atoms with E-state index in [1.165, 1.54) is 40.7 Å². The van der Waals surface area contributed by atoms with Crippen molar-refractivity contribution in [1.29, 1.82) is 0 Å². The first-order valence-electron chi connectivity index (χ1n) is 10.1. The fraction of sp³-hybridized carbons (Fsp3) is 0.292. The fourth-order valence-corrected chi connectivity index (χ4v) is 4.00. The quantitative estimate of drug-likeness (QED) is 0.588. The van der Waals surface area contributed by atoms with Gasteiger partial charge in [0.15, 0.2) is 5.78 Å². The number of hydrogen-bond donors (Lipinski definition) is 1. The van der Waals surface area contributed by atoms with E-state index in [-0.39, 0.29) is 24.0 Å². The molecule has 4 rings (SSSR count). The van der Waals surface area contributed by atoms with Crippen LogP contribution in [0, 0.1) is 5.82 Å². The van der Waals surface area contributed by atoms with Crippen molar-refractivity contribution in [3.63, 3.8) is 0 Å². The lowest BCUT2D eigenvalue weighted by molar-refractivity contribution is 0.0934. The first-order valence-corrected chi connectivity index (χ1v) is 10.1. The Hall–Kier alpha value is -2.67. The Bertz CT molecular complexity index is 1040. The number of halogens is 2. The number of piperazine rings is 1. The predicted molar refractivity (Wildman–Crippen MR) is 125 cm³/mol. The molecule has 1 unspecified atom stereocenters. The van der Waals surface area contributed by atoms with Gasteiger partial charge in [0.25, 0.3) is 0 Å². The van der Waals surface area contributed by atoms with E-state index in [1.54, 1.807) is 7.11 Å². The molecule has 0 radical (unpaired) electrons. The summed E-state index contributed by atoms with van der Waals surface area (Å²) in [6.45, 7) is 3.85. The number of Topliss-reactive ketones (excluding diaryl/α,β-unsaturated/α-hetero) is 1. The van der Waals surface area contributed by atoms with Crippen LogP contribution in [0.2, 0.25) is 0 Å². The number of fused-ring (bicyclic) bond motifs is 1. The zero-order valence-corrected chi connectivity index (χ0v) is 18.3. The van der Waals surface area contributed by atoms with Crippen molar-refractivity contribution in [2.75, 3.05) is 44.7 Å². The number of nitrogens with zero attached hydrogens (tertiary/aromatic N) is 2. The van der Waals surface area contributed by atoms with Gasteiger partial charge in [-0.25, -0.2) is 4.39 Å². The van der Waals surface area contributed by atoms with Gasteiger partial charge in [-0.1, -0.05) is 18.2 Å². The number of nitrogens with two attached hydrogens (primary N) is 1. The number of anilines is 1. The zero-order valence-electron chi connectivity index (χ0n) is 17.5. The van der Waals surface area contributed by atoms with E-state index >= 15 is 0 Å². The third-order valence-corrected chi connectivity index (χ3v) is 5.70. The monoisotopic (exact) mass is 443 g/mol. The molecule has 1 aliphatic heterocycles. The maximum atomic E-state index is 13.1. The van der Waals surface area contributed by atoms with E-state index in [0.29, 0.717) is 12.1 Å². The van der Waals surface area contributed by atoms with Gasteiger partial charge in [0.1, 0.15) is 11.6 Å². The first-order chi connectivity index (χ1) is 14.5. The Morgan fingerprint density at radius 3 is 2.45 bits per heavy atom. The number of benzene rings is 3. The van der Waals surface area contributed by atoms with Gasteiger partial charge < -0.3 is 15.4 Å². The smallest absolute Gasteiger partial charge is 0.180 e. The van der Waals surface area contributed by atoms with Crippen LogP contribution >= 0.6 is 12.4 Å². The second kappa shape index (κ2) is 10.1. The highest BCUT2D eigenvalue weighted by atomic mass is 35.5. The molecular weight excluding hydrogens is 417 g/mol. The number of carbonyl (C=O) groups excluding carboxylic acids is 1. The minimum absolute atomic E-state index is 0. The SMILES string of the molecule is COc1ccc2cccc(N3CCN(CC(N)C(=O)c4ccc(F)cc4)CC3)c2c1.Cl. The van der Waals surface area contributed by atoms with E-state index in [0.717, 1.165) is 31.9 Å². The average Bonchev–Trinajstić information content (AvgIpc) is 2.79. The van der Waals surface area contributed by atoms with Crippen molar-refractivity contribution in [2.24, 2.45) is 5.73 Å². The molecule has 1 fully saturated rings. The lowest BCUT2D eigenvalue weighted by Gasteiger charge is -2.37. The van der Waals surface area contributed by atoms with Crippen LogP contribution in [0.3, 0.4) is 0 Å². The molecule has 0 spiro atoms. The molecule has 1 saturated heterocycles. The molecule has 0 amide bonds. The van der Waals surface area contributed by atoms with Gasteiger partial charge in [-0.05, 0) is 47.9 Å². The van der Waals surface area contributed by atoms with E-state index in [9.17, 15) is 9.18 Å². The number of ketones is 1. The van der Waals surface area contributed by atoms with Crippen molar-refractivity contribution in [3.05, 3.63) is 72.0 Å². The normalized spacial score (nSPS) is 15.4. The summed E-state index contributed by atoms with van der Waals surface area (Å²) in [6, 6.07) is 17.4. The van der Waals surface area contributed by atoms with Crippen LogP contribution in [-0.2, 0) is 0 Å². The van der Waals surface area contributed by atoms with Crippen LogP contribution in [-0.4, -0.2) is 56.6 Å². The van der Waals surface area contributed by atoms with E-state index < -0.39 is 6.04 Å². The molecule has 1 atom stereocenters. The second-order valence-electron chi connectivity index (χ2n) is 7.63. The lowest BCUT2D eigenvalue weighted by Crippen LogP contribution is -2.51. The van der Waals surface area contributed by atoms with Crippen LogP contribution in [0.4, 0.5) is 10.1 Å². The van der Waals surface area contributed by atoms with Gasteiger partial charge in [-0.15, -0.1) is 12.4 Å². The first kappa shape index (κ1) is 23.0. The molecule has 31 heavy (non-hydrogen) atoms. The maximum Gasteiger partial charge on any atom is 0.180 e. The lowest BCUT2D eigenvalue weighted by atomic mass is 10.0. The molecule has 1 heterocycles. The van der Waals surface area contributed by atoms with Gasteiger partial charge >= 0.3 is 0 Å². The van der Waals surface area contributed by atoms with Gasteiger partial charge in [0.2, 0.25) is 0 Å². The Kier molecular flexibility index (Phi) is 7.49. The van der Waals surface area contributed by atoms with Crippen molar-refractivity contribution in [2.45, 2.75) is 6.04 Å². The molecule has 2 N–H and O–H groups in total. The number of carbonyl (C=O) groups is 1. The molecule has 0 saturated carbocycles. The number of hydrogen-bond acceptors (Lipinski definition) is 5. The summed E-state index contributed by atoms with van der Waals surface area (Å²) in [6.07, 6.45) is 0. The van der Waals surface area contributed by atoms with Crippen LogP contribution in [0.15, 0.2) is 60.7 Å². The third kappa shape index (κ3) is 5.15. The zero-order chi connectivity index (χ0) is 21.1. The average molecular weight is 444 g/mol. The summed E-state index contributed by atoms with van der Waals surface area (Å²) in [7, 11) is 1.68. The molecule has 0 aromatic heterocycles. The van der Waals surface area contributed by atoms with Gasteiger partial charge in [-0.2, -0.15) is 0 Å². The molecule has 0 bridgehead atoms. The van der Waals surface area contributed by atoms with E-state index in [1.807, 2.05) is 6.07 Å². The molecule has 1 aliphatic rings. The van der Waals surface area contributed by atoms with Crippen molar-refractivity contribution < 1.29 is 13.9 Å². The van der Waals surface area contributed by atoms with Gasteiger partial charge in [0, 0.05) is 49.4 Å². The van der Waals surface area contributed by atoms with Crippen LogP contribution < -0.4 is 15.4 Å². The summed E-state index contributed by atoms with van der Waals surface area (Å²) in [5, 5.41) is 2.36. The van der Waals surface area contributed by atoms with Crippen LogP contribution in [0.5, 0.6) is 5.75 Å². The molecule has 3 aromatic rings. The Labute approximate surface area is 188 Å². The standard InChI is InChI=1S/C24H26FN3O2.ClH/c1-30-20-10-7-17-3-2-4-23(21(17)15-20)28-13-11-27(12-14-28)16-22(26)24(29)18-5-8-19(25)9-6-18;/h2-10,15,22H,11-14,16,26H2,1H3;1H. The largest absolute Gasteiger partial charge is 0.497 e. The molecular formula is C24H27ClFN3O2. The fourth-order valence-electron chi connectivity index (χ4n) is 4.00. The predicted octanol–water partition coefficient (Wildman–Crippen LogP) is 3.74. The van der Waals surface area contributed by atoms with Gasteiger partial charge in [0.05, 0.1) is 13.2 Å². The minimum Gasteiger partial charge on any atom is -0.497 e. The second-order valence-corrected chi connectivity index (χ2v) is 7.63. The Morgan fingerprint density at radius 2 is 1.77 bits per heavy atom. The summed E-state index contributed by atoms with van der Waals surface area (Å²) in [5.41, 5.74) is 7.80. The summed E-state index contributed by atoms with van der Waals surface area (Å²) in [5.74, 6) is 0.333.